The molecule has 0 bridgehead atoms. The summed E-state index contributed by atoms with van der Waals surface area (Å²) in [5.41, 5.74) is 2.90. The lowest BCUT2D eigenvalue weighted by Gasteiger charge is -2.07. The molecule has 0 spiro atoms. The topological polar surface area (TPSA) is 37.3 Å². The second-order valence-electron chi connectivity index (χ2n) is 6.86. The highest BCUT2D eigenvalue weighted by Gasteiger charge is 2.08. The van der Waals surface area contributed by atoms with Crippen molar-refractivity contribution >= 4 is 5.97 Å². The van der Waals surface area contributed by atoms with Crippen LogP contribution >= 0.6 is 0 Å². The summed E-state index contributed by atoms with van der Waals surface area (Å²) < 4.78 is 0. The van der Waals surface area contributed by atoms with E-state index in [4.69, 9.17) is 5.11 Å². The first-order chi connectivity index (χ1) is 10.4. The first-order valence-corrected chi connectivity index (χ1v) is 8.90. The van der Waals surface area contributed by atoms with Gasteiger partial charge in [0.25, 0.3) is 0 Å². The zero-order valence-electron chi connectivity index (χ0n) is 15.3. The van der Waals surface area contributed by atoms with Crippen molar-refractivity contribution in [3.8, 4) is 0 Å². The van der Waals surface area contributed by atoms with Crippen LogP contribution in [0.25, 0.3) is 0 Å². The average Bonchev–Trinajstić information content (AvgIpc) is 2.46. The zero-order chi connectivity index (χ0) is 17.0. The van der Waals surface area contributed by atoms with Gasteiger partial charge >= 0.3 is 5.97 Å². The third kappa shape index (κ3) is 11.6. The first-order valence-electron chi connectivity index (χ1n) is 8.90. The van der Waals surface area contributed by atoms with Crippen LogP contribution in [0.2, 0.25) is 0 Å². The molecular weight excluding hydrogens is 272 g/mol. The highest BCUT2D eigenvalue weighted by molar-refractivity contribution is 5.69. The molecular formula is C20H36O2. The van der Waals surface area contributed by atoms with Gasteiger partial charge in [-0.05, 0) is 64.7 Å². The van der Waals surface area contributed by atoms with Crippen molar-refractivity contribution in [2.24, 2.45) is 11.8 Å². The van der Waals surface area contributed by atoms with Gasteiger partial charge in [0.05, 0.1) is 5.92 Å². The summed E-state index contributed by atoms with van der Waals surface area (Å²) in [6.45, 7) is 10.8. The van der Waals surface area contributed by atoms with Gasteiger partial charge in [0, 0.05) is 0 Å². The number of carboxylic acids is 1. The molecule has 0 amide bonds. The summed E-state index contributed by atoms with van der Waals surface area (Å²) >= 11 is 0. The minimum atomic E-state index is -0.691. The third-order valence-electron chi connectivity index (χ3n) is 4.51. The largest absolute Gasteiger partial charge is 0.481 e. The Kier molecular flexibility index (Phi) is 11.9. The minimum Gasteiger partial charge on any atom is -0.481 e. The Labute approximate surface area is 137 Å². The molecule has 0 aliphatic rings. The summed E-state index contributed by atoms with van der Waals surface area (Å²) in [4.78, 5) is 10.7. The van der Waals surface area contributed by atoms with E-state index in [0.717, 1.165) is 25.2 Å². The molecule has 2 atom stereocenters. The summed E-state index contributed by atoms with van der Waals surface area (Å²) in [7, 11) is 0. The molecule has 2 heteroatoms. The van der Waals surface area contributed by atoms with E-state index >= 15 is 0 Å². The van der Waals surface area contributed by atoms with Crippen molar-refractivity contribution in [1.29, 1.82) is 0 Å². The lowest BCUT2D eigenvalue weighted by Crippen LogP contribution is -2.08. The quantitative estimate of drug-likeness (QED) is 0.425. The fraction of sp³-hybridized carbons (Fsp3) is 0.750. The smallest absolute Gasteiger partial charge is 0.306 e. The molecule has 0 aliphatic heterocycles. The van der Waals surface area contributed by atoms with Gasteiger partial charge in [0.2, 0.25) is 0 Å². The Morgan fingerprint density at radius 3 is 1.95 bits per heavy atom. The monoisotopic (exact) mass is 308 g/mol. The van der Waals surface area contributed by atoms with Crippen molar-refractivity contribution in [3.05, 3.63) is 23.3 Å². The standard InChI is InChI=1S/C20H36O2/c1-6-16(2)10-7-11-17(3)12-8-13-18(4)14-9-15-19(5)20(21)22/h11,14,16,19H,6-10,12-13,15H2,1-5H3,(H,21,22). The molecule has 0 fully saturated rings. The molecule has 0 saturated carbocycles. The number of hydrogen-bond donors (Lipinski definition) is 1. The van der Waals surface area contributed by atoms with E-state index in [2.05, 4.69) is 39.8 Å². The van der Waals surface area contributed by atoms with Gasteiger partial charge in [-0.3, -0.25) is 4.79 Å². The lowest BCUT2D eigenvalue weighted by atomic mass is 9.99. The van der Waals surface area contributed by atoms with Crippen molar-refractivity contribution in [3.63, 3.8) is 0 Å². The van der Waals surface area contributed by atoms with Crippen LogP contribution in [0.15, 0.2) is 23.3 Å². The minimum absolute atomic E-state index is 0.236. The molecule has 0 aromatic rings. The molecule has 0 aromatic carbocycles. The van der Waals surface area contributed by atoms with Gasteiger partial charge in [-0.15, -0.1) is 0 Å². The van der Waals surface area contributed by atoms with Crippen LogP contribution in [0.4, 0.5) is 0 Å². The molecule has 0 rings (SSSR count). The number of hydrogen-bond acceptors (Lipinski definition) is 1. The highest BCUT2D eigenvalue weighted by Crippen LogP contribution is 2.16. The number of aliphatic carboxylic acids is 1. The van der Waals surface area contributed by atoms with Crippen molar-refractivity contribution in [2.75, 3.05) is 0 Å². The molecule has 2 nitrogen and oxygen atoms in total. The van der Waals surface area contributed by atoms with Gasteiger partial charge < -0.3 is 5.11 Å². The maximum atomic E-state index is 10.7. The second kappa shape index (κ2) is 12.5. The maximum Gasteiger partial charge on any atom is 0.306 e. The molecule has 0 aromatic heterocycles. The Morgan fingerprint density at radius 2 is 1.50 bits per heavy atom. The first kappa shape index (κ1) is 20.9. The van der Waals surface area contributed by atoms with Crippen molar-refractivity contribution in [2.45, 2.75) is 86.0 Å². The van der Waals surface area contributed by atoms with Crippen LogP contribution in [0, 0.1) is 11.8 Å². The Hall–Kier alpha value is -1.05. The molecule has 0 heterocycles. The van der Waals surface area contributed by atoms with E-state index in [1.54, 1.807) is 6.92 Å². The lowest BCUT2D eigenvalue weighted by molar-refractivity contribution is -0.141. The van der Waals surface area contributed by atoms with E-state index in [0.29, 0.717) is 0 Å². The van der Waals surface area contributed by atoms with E-state index < -0.39 is 5.97 Å². The predicted molar refractivity (Wildman–Crippen MR) is 96.1 cm³/mol. The molecule has 0 aliphatic carbocycles. The van der Waals surface area contributed by atoms with Crippen molar-refractivity contribution < 1.29 is 9.90 Å². The third-order valence-corrected chi connectivity index (χ3v) is 4.51. The number of allylic oxidation sites excluding steroid dienone is 4. The summed E-state index contributed by atoms with van der Waals surface area (Å²) in [6.07, 6.45) is 13.5. The zero-order valence-corrected chi connectivity index (χ0v) is 15.3. The molecule has 0 radical (unpaired) electrons. The van der Waals surface area contributed by atoms with Crippen LogP contribution in [0.3, 0.4) is 0 Å². The molecule has 2 unspecified atom stereocenters. The SMILES string of the molecule is CCC(C)CCC=C(C)CCCC(C)=CCCC(C)C(=O)O. The Morgan fingerprint density at radius 1 is 1.00 bits per heavy atom. The maximum absolute atomic E-state index is 10.7. The van der Waals surface area contributed by atoms with Crippen LogP contribution in [-0.2, 0) is 4.79 Å². The fourth-order valence-corrected chi connectivity index (χ4v) is 2.37. The molecule has 22 heavy (non-hydrogen) atoms. The van der Waals surface area contributed by atoms with E-state index in [9.17, 15) is 4.79 Å². The molecule has 128 valence electrons. The van der Waals surface area contributed by atoms with Gasteiger partial charge in [-0.25, -0.2) is 0 Å². The van der Waals surface area contributed by atoms with Crippen LogP contribution in [0.1, 0.15) is 86.0 Å². The molecule has 1 N–H and O–H groups in total. The second-order valence-corrected chi connectivity index (χ2v) is 6.86. The van der Waals surface area contributed by atoms with E-state index in [1.165, 1.54) is 43.3 Å². The Balaban J connectivity index is 3.84. The van der Waals surface area contributed by atoms with Gasteiger partial charge in [0.1, 0.15) is 0 Å². The van der Waals surface area contributed by atoms with Gasteiger partial charge in [-0.1, -0.05) is 50.5 Å². The number of carbonyl (C=O) groups is 1. The van der Waals surface area contributed by atoms with Gasteiger partial charge in [0.15, 0.2) is 0 Å². The molecule has 0 saturated heterocycles. The number of rotatable bonds is 12. The number of carboxylic acid groups (broad SMARTS) is 1. The summed E-state index contributed by atoms with van der Waals surface area (Å²) in [6, 6.07) is 0. The van der Waals surface area contributed by atoms with E-state index in [1.807, 2.05) is 0 Å². The highest BCUT2D eigenvalue weighted by atomic mass is 16.4. The van der Waals surface area contributed by atoms with E-state index in [-0.39, 0.29) is 5.92 Å². The fourth-order valence-electron chi connectivity index (χ4n) is 2.37. The Bertz CT molecular complexity index is 366. The summed E-state index contributed by atoms with van der Waals surface area (Å²) in [5.74, 6) is -0.0913. The average molecular weight is 309 g/mol. The normalized spacial score (nSPS) is 15.7. The predicted octanol–water partition coefficient (Wildman–Crippen LogP) is 6.38. The van der Waals surface area contributed by atoms with Crippen LogP contribution in [-0.4, -0.2) is 11.1 Å². The van der Waals surface area contributed by atoms with Gasteiger partial charge in [-0.2, -0.15) is 0 Å². The van der Waals surface area contributed by atoms with Crippen LogP contribution < -0.4 is 0 Å². The summed E-state index contributed by atoms with van der Waals surface area (Å²) in [5, 5.41) is 8.84. The van der Waals surface area contributed by atoms with Crippen LogP contribution in [0.5, 0.6) is 0 Å². The van der Waals surface area contributed by atoms with Crippen molar-refractivity contribution in [1.82, 2.24) is 0 Å².